The minimum atomic E-state index is 0.646. The van der Waals surface area contributed by atoms with Crippen LogP contribution in [0.4, 0.5) is 17.3 Å². The molecule has 1 heterocycles. The van der Waals surface area contributed by atoms with Crippen molar-refractivity contribution in [2.75, 3.05) is 23.8 Å². The Bertz CT molecular complexity index is 586. The third-order valence-electron chi connectivity index (χ3n) is 2.74. The molecule has 1 aromatic heterocycles. The summed E-state index contributed by atoms with van der Waals surface area (Å²) in [5, 5.41) is 11.9. The smallest absolute Gasteiger partial charge is 0.138 e. The fourth-order valence-electron chi connectivity index (χ4n) is 1.70. The molecule has 2 rings (SSSR count). The first-order valence-corrected chi connectivity index (χ1v) is 6.04. The fraction of sp³-hybridized carbons (Fsp3) is 0.214. The summed E-state index contributed by atoms with van der Waals surface area (Å²) in [4.78, 5) is 10.3. The average Bonchev–Trinajstić information content (AvgIpc) is 2.47. The Morgan fingerprint density at radius 2 is 2.00 bits per heavy atom. The highest BCUT2D eigenvalue weighted by Gasteiger charge is 2.06. The van der Waals surface area contributed by atoms with Crippen molar-refractivity contribution >= 4 is 17.3 Å². The van der Waals surface area contributed by atoms with Crippen LogP contribution in [0.15, 0.2) is 36.7 Å². The predicted molar refractivity (Wildman–Crippen MR) is 75.4 cm³/mol. The zero-order valence-electron chi connectivity index (χ0n) is 11.0. The highest BCUT2D eigenvalue weighted by atomic mass is 15.2. The molecule has 19 heavy (non-hydrogen) atoms. The maximum Gasteiger partial charge on any atom is 0.138 e. The van der Waals surface area contributed by atoms with Crippen molar-refractivity contribution in [1.29, 1.82) is 5.26 Å². The van der Waals surface area contributed by atoms with Gasteiger partial charge in [-0.2, -0.15) is 5.26 Å². The van der Waals surface area contributed by atoms with Crippen molar-refractivity contribution < 1.29 is 0 Å². The van der Waals surface area contributed by atoms with Crippen molar-refractivity contribution in [1.82, 2.24) is 9.97 Å². The molecular weight excluding hydrogens is 238 g/mol. The lowest BCUT2D eigenvalue weighted by Crippen LogP contribution is -2.12. The number of nitriles is 1. The molecule has 0 aliphatic rings. The molecule has 0 aliphatic heterocycles. The van der Waals surface area contributed by atoms with Gasteiger partial charge in [0.25, 0.3) is 0 Å². The molecule has 96 valence electrons. The van der Waals surface area contributed by atoms with Crippen LogP contribution in [0.25, 0.3) is 0 Å². The molecule has 5 heteroatoms. The summed E-state index contributed by atoms with van der Waals surface area (Å²) in [7, 11) is 1.93. The summed E-state index contributed by atoms with van der Waals surface area (Å²) >= 11 is 0. The summed E-state index contributed by atoms with van der Waals surface area (Å²) in [5.41, 5.74) is 1.62. The van der Waals surface area contributed by atoms with E-state index in [-0.39, 0.29) is 0 Å². The zero-order chi connectivity index (χ0) is 13.7. The third kappa shape index (κ3) is 2.99. The van der Waals surface area contributed by atoms with Crippen LogP contribution in [-0.2, 0) is 0 Å². The Morgan fingerprint density at radius 1 is 1.26 bits per heavy atom. The lowest BCUT2D eigenvalue weighted by molar-refractivity contribution is 1.06. The van der Waals surface area contributed by atoms with Crippen LogP contribution in [0.1, 0.15) is 12.5 Å². The number of anilines is 3. The van der Waals surface area contributed by atoms with E-state index in [1.807, 2.05) is 37.1 Å². The van der Waals surface area contributed by atoms with Gasteiger partial charge in [-0.15, -0.1) is 0 Å². The summed E-state index contributed by atoms with van der Waals surface area (Å²) in [6, 6.07) is 11.4. The summed E-state index contributed by atoms with van der Waals surface area (Å²) in [6.45, 7) is 2.84. The van der Waals surface area contributed by atoms with Gasteiger partial charge in [0.05, 0.1) is 11.6 Å². The fourth-order valence-corrected chi connectivity index (χ4v) is 1.70. The van der Waals surface area contributed by atoms with Gasteiger partial charge in [-0.25, -0.2) is 9.97 Å². The largest absolute Gasteiger partial charge is 0.370 e. The minimum Gasteiger partial charge on any atom is -0.370 e. The van der Waals surface area contributed by atoms with E-state index in [0.717, 1.165) is 23.9 Å². The van der Waals surface area contributed by atoms with Gasteiger partial charge in [0.15, 0.2) is 0 Å². The van der Waals surface area contributed by atoms with Crippen molar-refractivity contribution in [3.63, 3.8) is 0 Å². The molecule has 0 atom stereocenters. The molecule has 2 aromatic rings. The third-order valence-corrected chi connectivity index (χ3v) is 2.74. The summed E-state index contributed by atoms with van der Waals surface area (Å²) < 4.78 is 0. The maximum atomic E-state index is 8.79. The molecule has 5 nitrogen and oxygen atoms in total. The lowest BCUT2D eigenvalue weighted by Gasteiger charge is -2.18. The Morgan fingerprint density at radius 3 is 2.63 bits per heavy atom. The quantitative estimate of drug-likeness (QED) is 0.907. The van der Waals surface area contributed by atoms with Crippen molar-refractivity contribution in [2.45, 2.75) is 6.92 Å². The minimum absolute atomic E-state index is 0.646. The normalized spacial score (nSPS) is 9.74. The van der Waals surface area contributed by atoms with E-state index in [4.69, 9.17) is 5.26 Å². The van der Waals surface area contributed by atoms with Crippen molar-refractivity contribution in [3.05, 3.63) is 42.2 Å². The van der Waals surface area contributed by atoms with Gasteiger partial charge in [-0.05, 0) is 31.2 Å². The second kappa shape index (κ2) is 5.83. The second-order valence-corrected chi connectivity index (χ2v) is 4.01. The molecule has 0 aliphatic carbocycles. The number of hydrogen-bond acceptors (Lipinski definition) is 5. The molecule has 0 saturated carbocycles. The van der Waals surface area contributed by atoms with Gasteiger partial charge >= 0.3 is 0 Å². The van der Waals surface area contributed by atoms with E-state index < -0.39 is 0 Å². The van der Waals surface area contributed by atoms with E-state index in [1.165, 1.54) is 6.33 Å². The molecule has 1 N–H and O–H groups in total. The molecule has 0 bridgehead atoms. The Kier molecular flexibility index (Phi) is 3.94. The van der Waals surface area contributed by atoms with Crippen molar-refractivity contribution in [3.8, 4) is 6.07 Å². The molecule has 0 radical (unpaired) electrons. The molecule has 0 spiro atoms. The van der Waals surface area contributed by atoms with Gasteiger partial charge in [0.2, 0.25) is 0 Å². The first-order valence-electron chi connectivity index (χ1n) is 6.04. The number of nitrogens with zero attached hydrogens (tertiary/aromatic N) is 4. The van der Waals surface area contributed by atoms with Gasteiger partial charge in [-0.3, -0.25) is 0 Å². The van der Waals surface area contributed by atoms with E-state index in [9.17, 15) is 0 Å². The van der Waals surface area contributed by atoms with Crippen LogP contribution in [0.2, 0.25) is 0 Å². The van der Waals surface area contributed by atoms with Crippen LogP contribution in [0.5, 0.6) is 0 Å². The van der Waals surface area contributed by atoms with E-state index in [2.05, 4.69) is 21.4 Å². The molecule has 0 unspecified atom stereocenters. The van der Waals surface area contributed by atoms with Crippen LogP contribution < -0.4 is 10.2 Å². The van der Waals surface area contributed by atoms with Crippen molar-refractivity contribution in [2.24, 2.45) is 0 Å². The van der Waals surface area contributed by atoms with Gasteiger partial charge < -0.3 is 10.2 Å². The predicted octanol–water partition coefficient (Wildman–Crippen LogP) is 2.55. The van der Waals surface area contributed by atoms with Gasteiger partial charge in [-0.1, -0.05) is 0 Å². The van der Waals surface area contributed by atoms with Crippen LogP contribution in [0, 0.1) is 11.3 Å². The second-order valence-electron chi connectivity index (χ2n) is 4.01. The topological polar surface area (TPSA) is 64.8 Å². The molecule has 0 saturated heterocycles. The SMILES string of the molecule is CCNc1cc(N(C)c2ccc(C#N)cc2)ncn1. The number of aromatic nitrogens is 2. The highest BCUT2D eigenvalue weighted by molar-refractivity contribution is 5.62. The lowest BCUT2D eigenvalue weighted by atomic mass is 10.2. The first-order chi connectivity index (χ1) is 9.24. The molecule has 1 aromatic carbocycles. The van der Waals surface area contributed by atoms with Crippen LogP contribution in [0.3, 0.4) is 0 Å². The molecule has 0 amide bonds. The van der Waals surface area contributed by atoms with Gasteiger partial charge in [0, 0.05) is 25.3 Å². The molecule has 0 fully saturated rings. The van der Waals surface area contributed by atoms with Gasteiger partial charge in [0.1, 0.15) is 18.0 Å². The van der Waals surface area contributed by atoms with E-state index in [1.54, 1.807) is 12.1 Å². The Balaban J connectivity index is 2.25. The van der Waals surface area contributed by atoms with E-state index in [0.29, 0.717) is 5.56 Å². The monoisotopic (exact) mass is 253 g/mol. The van der Waals surface area contributed by atoms with Crippen LogP contribution in [-0.4, -0.2) is 23.6 Å². The first kappa shape index (κ1) is 12.8. The van der Waals surface area contributed by atoms with E-state index >= 15 is 0 Å². The summed E-state index contributed by atoms with van der Waals surface area (Å²) in [5.74, 6) is 1.60. The number of hydrogen-bond donors (Lipinski definition) is 1. The Hall–Kier alpha value is -2.61. The molecular formula is C14H15N5. The number of benzene rings is 1. The standard InChI is InChI=1S/C14H15N5/c1-3-16-13-8-14(18-10-17-13)19(2)12-6-4-11(9-15)5-7-12/h4-8,10H,3H2,1-2H3,(H,16,17,18). The highest BCUT2D eigenvalue weighted by Crippen LogP contribution is 2.22. The number of nitrogens with one attached hydrogen (secondary N) is 1. The summed E-state index contributed by atoms with van der Waals surface area (Å²) in [6.07, 6.45) is 1.54. The Labute approximate surface area is 112 Å². The van der Waals surface area contributed by atoms with Crippen LogP contribution >= 0.6 is 0 Å². The zero-order valence-corrected chi connectivity index (χ0v) is 11.0. The number of rotatable bonds is 4. The maximum absolute atomic E-state index is 8.79. The average molecular weight is 253 g/mol.